The van der Waals surface area contributed by atoms with Crippen molar-refractivity contribution in [1.29, 1.82) is 0 Å². The normalized spacial score (nSPS) is 20.7. The van der Waals surface area contributed by atoms with E-state index in [-0.39, 0.29) is 0 Å². The average molecular weight is 604 g/mol. The Bertz CT molecular complexity index is 1540. The van der Waals surface area contributed by atoms with Gasteiger partial charge < -0.3 is 4.90 Å². The number of allylic oxidation sites excluding steroid dienone is 6. The van der Waals surface area contributed by atoms with Crippen LogP contribution in [0.2, 0.25) is 0 Å². The molecule has 40 heavy (non-hydrogen) atoms. The number of fused-ring (bicyclic) bond motifs is 3. The van der Waals surface area contributed by atoms with Gasteiger partial charge in [0.25, 0.3) is 5.01 Å². The van der Waals surface area contributed by atoms with E-state index in [4.69, 9.17) is 0 Å². The monoisotopic (exact) mass is 603 g/mol. The van der Waals surface area contributed by atoms with Crippen LogP contribution in [0.25, 0.3) is 16.3 Å². The zero-order valence-corrected chi connectivity index (χ0v) is 27.3. The molecule has 6 heteroatoms. The number of aromatic nitrogens is 1. The van der Waals surface area contributed by atoms with Crippen LogP contribution in [0.4, 0.5) is 5.69 Å². The van der Waals surface area contributed by atoms with Crippen LogP contribution in [0, 0.1) is 5.92 Å². The molecule has 3 aliphatic rings. The van der Waals surface area contributed by atoms with Crippen molar-refractivity contribution in [3.8, 4) is 0 Å². The molecule has 1 aromatic heterocycles. The Labute approximate surface area is 256 Å². The fourth-order valence-corrected chi connectivity index (χ4v) is 9.85. The van der Waals surface area contributed by atoms with E-state index < -0.39 is 0 Å². The molecular formula is C34H39N2S4+. The van der Waals surface area contributed by atoms with Gasteiger partial charge in [-0.2, -0.15) is 4.57 Å². The van der Waals surface area contributed by atoms with Gasteiger partial charge in [-0.25, -0.2) is 0 Å². The SMILES string of the molecule is CCSc1ccc2c(c1)N(CC)/C(=C/C1=CC3=C/C(=C/c4sc5ccc(SCC)cc5[n+]4CC)CCC3CC1)S2. The lowest BCUT2D eigenvalue weighted by atomic mass is 9.77. The molecule has 2 aromatic carbocycles. The fourth-order valence-electron chi connectivity index (χ4n) is 6.10. The molecule has 2 aliphatic carbocycles. The number of hydrogen-bond donors (Lipinski definition) is 0. The fraction of sp³-hybridized carbons (Fsp3) is 0.382. The molecule has 0 radical (unpaired) electrons. The van der Waals surface area contributed by atoms with Crippen molar-refractivity contribution >= 4 is 68.6 Å². The Hall–Kier alpha value is -1.86. The molecule has 0 fully saturated rings. The first-order valence-corrected chi connectivity index (χ1v) is 18.4. The number of anilines is 1. The van der Waals surface area contributed by atoms with Crippen LogP contribution >= 0.6 is 46.6 Å². The summed E-state index contributed by atoms with van der Waals surface area (Å²) in [5.74, 6) is 2.93. The van der Waals surface area contributed by atoms with Gasteiger partial charge in [0.2, 0.25) is 5.52 Å². The van der Waals surface area contributed by atoms with Gasteiger partial charge in [0, 0.05) is 33.4 Å². The highest BCUT2D eigenvalue weighted by atomic mass is 32.2. The topological polar surface area (TPSA) is 7.12 Å². The second-order valence-electron chi connectivity index (χ2n) is 10.5. The molecule has 1 unspecified atom stereocenters. The Morgan fingerprint density at radius 3 is 2.48 bits per heavy atom. The van der Waals surface area contributed by atoms with Crippen LogP contribution in [0.5, 0.6) is 0 Å². The Morgan fingerprint density at radius 1 is 0.925 bits per heavy atom. The summed E-state index contributed by atoms with van der Waals surface area (Å²) in [6.45, 7) is 11.0. The number of thioether (sulfide) groups is 3. The number of hydrogen-bond acceptors (Lipinski definition) is 5. The predicted octanol–water partition coefficient (Wildman–Crippen LogP) is 10.3. The first kappa shape index (κ1) is 28.3. The molecule has 1 aliphatic heterocycles. The van der Waals surface area contributed by atoms with E-state index >= 15 is 0 Å². The lowest BCUT2D eigenvalue weighted by Gasteiger charge is -2.28. The standard InChI is InChI=1S/C34H39N2S4/c1-5-35-29-21-27(37-7-3)13-15-31(29)39-33(35)19-23-9-11-25-12-10-24(18-26(25)17-23)20-34-36(6-2)30-22-28(38-8-4)14-16-32(30)40-34/h13-22,25H,5-12H2,1-4H3/q+1. The van der Waals surface area contributed by atoms with E-state index in [1.54, 1.807) is 0 Å². The quantitative estimate of drug-likeness (QED) is 0.187. The number of nitrogens with zero attached hydrogens (tertiary/aromatic N) is 2. The highest BCUT2D eigenvalue weighted by Gasteiger charge is 2.27. The Balaban J connectivity index is 1.28. The minimum atomic E-state index is 0.706. The van der Waals surface area contributed by atoms with Crippen LogP contribution in [0.3, 0.4) is 0 Å². The zero-order valence-electron chi connectivity index (χ0n) is 24.0. The lowest BCUT2D eigenvalue weighted by Crippen LogP contribution is -2.33. The van der Waals surface area contributed by atoms with Gasteiger partial charge in [-0.05, 0) is 110 Å². The number of benzene rings is 2. The van der Waals surface area contributed by atoms with Crippen molar-refractivity contribution in [1.82, 2.24) is 0 Å². The largest absolute Gasteiger partial charge is 0.335 e. The molecule has 0 saturated heterocycles. The van der Waals surface area contributed by atoms with Gasteiger partial charge in [-0.15, -0.1) is 23.5 Å². The van der Waals surface area contributed by atoms with E-state index in [1.807, 2.05) is 46.6 Å². The summed E-state index contributed by atoms with van der Waals surface area (Å²) in [5, 5.41) is 2.76. The molecule has 0 bridgehead atoms. The number of rotatable bonds is 8. The first-order valence-electron chi connectivity index (χ1n) is 14.8. The van der Waals surface area contributed by atoms with Crippen LogP contribution in [0.1, 0.15) is 58.4 Å². The summed E-state index contributed by atoms with van der Waals surface area (Å²) < 4.78 is 3.89. The summed E-state index contributed by atoms with van der Waals surface area (Å²) in [4.78, 5) is 6.63. The van der Waals surface area contributed by atoms with Gasteiger partial charge in [0.05, 0.1) is 10.7 Å². The smallest absolute Gasteiger partial charge is 0.263 e. The van der Waals surface area contributed by atoms with Gasteiger partial charge in [-0.3, -0.25) is 0 Å². The maximum atomic E-state index is 2.51. The molecule has 1 atom stereocenters. The summed E-state index contributed by atoms with van der Waals surface area (Å²) in [6.07, 6.45) is 14.9. The third-order valence-electron chi connectivity index (χ3n) is 8.01. The molecule has 3 aromatic rings. The van der Waals surface area contributed by atoms with E-state index in [0.717, 1.165) is 24.6 Å². The average Bonchev–Trinajstić information content (AvgIpc) is 3.49. The van der Waals surface area contributed by atoms with Crippen LogP contribution in [0.15, 0.2) is 91.1 Å². The van der Waals surface area contributed by atoms with Crippen LogP contribution in [-0.4, -0.2) is 18.1 Å². The first-order chi connectivity index (χ1) is 19.6. The summed E-state index contributed by atoms with van der Waals surface area (Å²) in [6, 6.07) is 14.0. The van der Waals surface area contributed by atoms with E-state index in [1.165, 1.54) is 83.0 Å². The van der Waals surface area contributed by atoms with Gasteiger partial charge >= 0.3 is 0 Å². The molecule has 2 nitrogen and oxygen atoms in total. The second-order valence-corrected chi connectivity index (χ2v) is 15.3. The maximum Gasteiger partial charge on any atom is 0.263 e. The zero-order chi connectivity index (χ0) is 27.6. The number of thiazole rings is 1. The van der Waals surface area contributed by atoms with E-state index in [2.05, 4.69) is 97.9 Å². The van der Waals surface area contributed by atoms with E-state index in [9.17, 15) is 0 Å². The minimum absolute atomic E-state index is 0.706. The van der Waals surface area contributed by atoms with Crippen molar-refractivity contribution in [3.05, 3.63) is 81.4 Å². The van der Waals surface area contributed by atoms with Crippen molar-refractivity contribution in [2.45, 2.75) is 74.6 Å². The van der Waals surface area contributed by atoms with Crippen LogP contribution < -0.4 is 9.47 Å². The van der Waals surface area contributed by atoms with Crippen molar-refractivity contribution in [2.75, 3.05) is 23.0 Å². The molecule has 0 N–H and O–H groups in total. The van der Waals surface area contributed by atoms with E-state index in [0.29, 0.717) is 5.92 Å². The third kappa shape index (κ3) is 5.74. The molecule has 0 saturated carbocycles. The summed E-state index contributed by atoms with van der Waals surface area (Å²) in [5.41, 5.74) is 7.24. The summed E-state index contributed by atoms with van der Waals surface area (Å²) >= 11 is 7.72. The van der Waals surface area contributed by atoms with Gasteiger partial charge in [0.15, 0.2) is 0 Å². The van der Waals surface area contributed by atoms with Gasteiger partial charge in [-0.1, -0.05) is 49.1 Å². The predicted molar refractivity (Wildman–Crippen MR) is 180 cm³/mol. The highest BCUT2D eigenvalue weighted by molar-refractivity contribution is 8.03. The third-order valence-corrected chi connectivity index (χ3v) is 12.0. The molecular weight excluding hydrogens is 565 g/mol. The maximum absolute atomic E-state index is 2.51. The number of aryl methyl sites for hydroxylation is 1. The Morgan fingerprint density at radius 2 is 1.70 bits per heavy atom. The van der Waals surface area contributed by atoms with Crippen LogP contribution in [-0.2, 0) is 6.54 Å². The molecule has 0 amide bonds. The molecule has 208 valence electrons. The Kier molecular flexibility index (Phi) is 8.88. The molecule has 6 rings (SSSR count). The summed E-state index contributed by atoms with van der Waals surface area (Å²) in [7, 11) is 0. The highest BCUT2D eigenvalue weighted by Crippen LogP contribution is 2.48. The second kappa shape index (κ2) is 12.6. The van der Waals surface area contributed by atoms with Crippen molar-refractivity contribution in [3.63, 3.8) is 0 Å². The molecule has 2 heterocycles. The molecule has 0 spiro atoms. The minimum Gasteiger partial charge on any atom is -0.335 e. The van der Waals surface area contributed by atoms with Crippen molar-refractivity contribution < 1.29 is 4.57 Å². The van der Waals surface area contributed by atoms with Crippen molar-refractivity contribution in [2.24, 2.45) is 5.92 Å². The lowest BCUT2D eigenvalue weighted by molar-refractivity contribution is -0.665. The van der Waals surface area contributed by atoms with Gasteiger partial charge in [0.1, 0.15) is 11.2 Å².